The summed E-state index contributed by atoms with van der Waals surface area (Å²) in [7, 11) is -3.71. The molecule has 1 rings (SSSR count). The third-order valence-electron chi connectivity index (χ3n) is 2.78. The van der Waals surface area contributed by atoms with Gasteiger partial charge in [0.15, 0.2) is 0 Å². The summed E-state index contributed by atoms with van der Waals surface area (Å²) in [5.41, 5.74) is -0.0569. The smallest absolute Gasteiger partial charge is 0.335 e. The van der Waals surface area contributed by atoms with Crippen molar-refractivity contribution in [2.75, 3.05) is 18.6 Å². The number of carboxylic acid groups (broad SMARTS) is 1. The van der Waals surface area contributed by atoms with Gasteiger partial charge in [-0.1, -0.05) is 6.42 Å². The van der Waals surface area contributed by atoms with E-state index in [1.165, 1.54) is 12.1 Å². The standard InChI is InChI=1S/C13H18BrNO4S2/c1-20-8-4-2-3-7-15-21(18,19)12-9-10(13(16)17)5-6-11(12)14/h5-6,9,15H,2-4,7-8H2,1H3,(H,16,17). The van der Waals surface area contributed by atoms with Crippen molar-refractivity contribution in [1.29, 1.82) is 0 Å². The van der Waals surface area contributed by atoms with Crippen molar-refractivity contribution < 1.29 is 18.3 Å². The molecule has 0 aliphatic heterocycles. The number of rotatable bonds is 9. The van der Waals surface area contributed by atoms with Gasteiger partial charge in [-0.25, -0.2) is 17.9 Å². The lowest BCUT2D eigenvalue weighted by atomic mass is 10.2. The normalized spacial score (nSPS) is 11.5. The molecule has 8 heteroatoms. The van der Waals surface area contributed by atoms with E-state index in [9.17, 15) is 13.2 Å². The molecule has 0 saturated heterocycles. The van der Waals surface area contributed by atoms with Crippen LogP contribution in [0.5, 0.6) is 0 Å². The fraction of sp³-hybridized carbons (Fsp3) is 0.462. The second-order valence-corrected chi connectivity index (χ2v) is 7.98. The molecule has 0 fully saturated rings. The molecular weight excluding hydrogens is 378 g/mol. The van der Waals surface area contributed by atoms with Gasteiger partial charge in [0, 0.05) is 11.0 Å². The Kier molecular flexibility index (Phi) is 7.72. The van der Waals surface area contributed by atoms with E-state index < -0.39 is 16.0 Å². The lowest BCUT2D eigenvalue weighted by molar-refractivity contribution is 0.0696. The van der Waals surface area contributed by atoms with E-state index in [0.717, 1.165) is 31.1 Å². The summed E-state index contributed by atoms with van der Waals surface area (Å²) in [5.74, 6) is -0.0881. The van der Waals surface area contributed by atoms with Gasteiger partial charge in [0.05, 0.1) is 10.5 Å². The minimum Gasteiger partial charge on any atom is -0.478 e. The highest BCUT2D eigenvalue weighted by Gasteiger charge is 2.19. The van der Waals surface area contributed by atoms with Crippen molar-refractivity contribution >= 4 is 43.7 Å². The van der Waals surface area contributed by atoms with E-state index in [0.29, 0.717) is 11.0 Å². The summed E-state index contributed by atoms with van der Waals surface area (Å²) >= 11 is 4.91. The van der Waals surface area contributed by atoms with Gasteiger partial charge in [-0.2, -0.15) is 11.8 Å². The zero-order valence-electron chi connectivity index (χ0n) is 11.6. The van der Waals surface area contributed by atoms with Crippen LogP contribution in [0.25, 0.3) is 0 Å². The number of unbranched alkanes of at least 4 members (excludes halogenated alkanes) is 2. The molecule has 0 radical (unpaired) electrons. The maximum Gasteiger partial charge on any atom is 0.335 e. The number of benzene rings is 1. The molecule has 2 N–H and O–H groups in total. The Labute approximate surface area is 137 Å². The van der Waals surface area contributed by atoms with Gasteiger partial charge in [-0.15, -0.1) is 0 Å². The first-order chi connectivity index (χ1) is 9.88. The predicted molar refractivity (Wildman–Crippen MR) is 88.5 cm³/mol. The highest BCUT2D eigenvalue weighted by molar-refractivity contribution is 9.10. The van der Waals surface area contributed by atoms with Crippen LogP contribution in [-0.4, -0.2) is 38.0 Å². The lowest BCUT2D eigenvalue weighted by Gasteiger charge is -2.09. The average Bonchev–Trinajstić information content (AvgIpc) is 2.42. The summed E-state index contributed by atoms with van der Waals surface area (Å²) in [6.07, 6.45) is 4.81. The highest BCUT2D eigenvalue weighted by atomic mass is 79.9. The monoisotopic (exact) mass is 395 g/mol. The van der Waals surface area contributed by atoms with E-state index in [-0.39, 0.29) is 10.5 Å². The van der Waals surface area contributed by atoms with E-state index in [2.05, 4.69) is 20.7 Å². The Morgan fingerprint density at radius 1 is 1.33 bits per heavy atom. The van der Waals surface area contributed by atoms with Gasteiger partial charge in [0.1, 0.15) is 0 Å². The minimum atomic E-state index is -3.71. The van der Waals surface area contributed by atoms with Crippen LogP contribution in [0.15, 0.2) is 27.6 Å². The Morgan fingerprint density at radius 2 is 2.05 bits per heavy atom. The lowest BCUT2D eigenvalue weighted by Crippen LogP contribution is -2.25. The van der Waals surface area contributed by atoms with E-state index in [1.807, 2.05) is 6.26 Å². The average molecular weight is 396 g/mol. The first-order valence-electron chi connectivity index (χ1n) is 6.40. The van der Waals surface area contributed by atoms with Crippen molar-refractivity contribution in [2.45, 2.75) is 24.2 Å². The molecule has 0 atom stereocenters. The summed E-state index contributed by atoms with van der Waals surface area (Å²) < 4.78 is 27.2. The Hall–Kier alpha value is -0.570. The van der Waals surface area contributed by atoms with Gasteiger partial charge >= 0.3 is 5.97 Å². The van der Waals surface area contributed by atoms with Crippen LogP contribution < -0.4 is 4.72 Å². The van der Waals surface area contributed by atoms with Crippen LogP contribution >= 0.6 is 27.7 Å². The molecule has 0 spiro atoms. The summed E-state index contributed by atoms with van der Waals surface area (Å²) in [6, 6.07) is 3.94. The molecule has 0 bridgehead atoms. The summed E-state index contributed by atoms with van der Waals surface area (Å²) in [5, 5.41) is 8.93. The fourth-order valence-electron chi connectivity index (χ4n) is 1.67. The molecule has 0 amide bonds. The molecule has 1 aromatic rings. The van der Waals surface area contributed by atoms with Crippen LogP contribution in [0.2, 0.25) is 0 Å². The number of halogens is 1. The second kappa shape index (κ2) is 8.77. The number of aromatic carboxylic acids is 1. The van der Waals surface area contributed by atoms with Crippen molar-refractivity contribution in [3.05, 3.63) is 28.2 Å². The predicted octanol–water partition coefficient (Wildman–Crippen LogP) is 2.96. The second-order valence-electron chi connectivity index (χ2n) is 4.40. The zero-order valence-corrected chi connectivity index (χ0v) is 14.9. The molecule has 0 aliphatic rings. The molecule has 5 nitrogen and oxygen atoms in total. The first kappa shape index (κ1) is 18.5. The molecule has 0 aliphatic carbocycles. The Morgan fingerprint density at radius 3 is 2.67 bits per heavy atom. The van der Waals surface area contributed by atoms with Gasteiger partial charge < -0.3 is 5.11 Å². The molecule has 0 aromatic heterocycles. The van der Waals surface area contributed by atoms with E-state index in [1.54, 1.807) is 11.8 Å². The van der Waals surface area contributed by atoms with Crippen molar-refractivity contribution in [1.82, 2.24) is 4.72 Å². The third-order valence-corrected chi connectivity index (χ3v) is 5.94. The number of thioether (sulfide) groups is 1. The van der Waals surface area contributed by atoms with Crippen molar-refractivity contribution in [3.63, 3.8) is 0 Å². The zero-order chi connectivity index (χ0) is 15.9. The molecular formula is C13H18BrNO4S2. The summed E-state index contributed by atoms with van der Waals surface area (Å²) in [4.78, 5) is 10.9. The third kappa shape index (κ3) is 5.98. The van der Waals surface area contributed by atoms with Crippen LogP contribution in [0.3, 0.4) is 0 Å². The van der Waals surface area contributed by atoms with Gasteiger partial charge in [-0.05, 0) is 59.0 Å². The first-order valence-corrected chi connectivity index (χ1v) is 10.1. The van der Waals surface area contributed by atoms with Crippen LogP contribution in [0.4, 0.5) is 0 Å². The Balaban J connectivity index is 2.70. The highest BCUT2D eigenvalue weighted by Crippen LogP contribution is 2.23. The molecule has 118 valence electrons. The number of nitrogens with one attached hydrogen (secondary N) is 1. The number of carbonyl (C=O) groups is 1. The molecule has 21 heavy (non-hydrogen) atoms. The van der Waals surface area contributed by atoms with Crippen LogP contribution in [0, 0.1) is 0 Å². The maximum absolute atomic E-state index is 12.2. The minimum absolute atomic E-state index is 0.0495. The maximum atomic E-state index is 12.2. The van der Waals surface area contributed by atoms with Crippen molar-refractivity contribution in [3.8, 4) is 0 Å². The summed E-state index contributed by atoms with van der Waals surface area (Å²) in [6.45, 7) is 0.348. The molecule has 0 heterocycles. The van der Waals surface area contributed by atoms with Crippen molar-refractivity contribution in [2.24, 2.45) is 0 Å². The molecule has 1 aromatic carbocycles. The quantitative estimate of drug-likeness (QED) is 0.627. The SMILES string of the molecule is CSCCCCCNS(=O)(=O)c1cc(C(=O)O)ccc1Br. The van der Waals surface area contributed by atoms with Gasteiger partial charge in [0.25, 0.3) is 0 Å². The van der Waals surface area contributed by atoms with Gasteiger partial charge in [-0.3, -0.25) is 0 Å². The van der Waals surface area contributed by atoms with E-state index >= 15 is 0 Å². The fourth-order valence-corrected chi connectivity index (χ4v) is 4.23. The topological polar surface area (TPSA) is 83.5 Å². The molecule has 0 unspecified atom stereocenters. The number of hydrogen-bond acceptors (Lipinski definition) is 4. The van der Waals surface area contributed by atoms with Gasteiger partial charge in [0.2, 0.25) is 10.0 Å². The number of hydrogen-bond donors (Lipinski definition) is 2. The number of sulfonamides is 1. The largest absolute Gasteiger partial charge is 0.478 e. The van der Waals surface area contributed by atoms with E-state index in [4.69, 9.17) is 5.11 Å². The van der Waals surface area contributed by atoms with Crippen LogP contribution in [-0.2, 0) is 10.0 Å². The number of carboxylic acids is 1. The molecule has 0 saturated carbocycles. The Bertz CT molecular complexity index is 590. The van der Waals surface area contributed by atoms with Crippen LogP contribution in [0.1, 0.15) is 29.6 Å².